The van der Waals surface area contributed by atoms with E-state index in [1.807, 2.05) is 32.0 Å². The molecule has 0 bridgehead atoms. The Balaban J connectivity index is 2.47. The molecular weight excluding hydrogens is 202 g/mol. The van der Waals surface area contributed by atoms with Gasteiger partial charge >= 0.3 is 0 Å². The Hall–Kier alpha value is -1.64. The topological polar surface area (TPSA) is 37.4 Å². The van der Waals surface area contributed by atoms with Crippen LogP contribution in [0.4, 0.5) is 5.69 Å². The number of carbonyl (C=O) groups excluding carboxylic acids is 2. The molecule has 0 saturated carbocycles. The van der Waals surface area contributed by atoms with Gasteiger partial charge in [-0.1, -0.05) is 19.9 Å². The van der Waals surface area contributed by atoms with Gasteiger partial charge in [0, 0.05) is 6.54 Å². The fourth-order valence-corrected chi connectivity index (χ4v) is 2.01. The highest BCUT2D eigenvalue weighted by Crippen LogP contribution is 2.29. The standard InChI is InChI=1S/C13H15NO2/c1-3-7-14-11-6-5-9(4-2)8-10(11)12(15)13(14)16/h5-6,8H,3-4,7H2,1-2H3. The van der Waals surface area contributed by atoms with Gasteiger partial charge in [-0.15, -0.1) is 0 Å². The first kappa shape index (κ1) is 10.9. The van der Waals surface area contributed by atoms with Gasteiger partial charge in [0.05, 0.1) is 11.3 Å². The molecule has 2 rings (SSSR count). The Kier molecular flexibility index (Phi) is 2.77. The summed E-state index contributed by atoms with van der Waals surface area (Å²) in [4.78, 5) is 25.1. The number of ketones is 1. The Morgan fingerprint density at radius 1 is 1.19 bits per heavy atom. The van der Waals surface area contributed by atoms with E-state index < -0.39 is 0 Å². The Labute approximate surface area is 95.1 Å². The number of amides is 1. The zero-order chi connectivity index (χ0) is 11.7. The van der Waals surface area contributed by atoms with E-state index in [9.17, 15) is 9.59 Å². The van der Waals surface area contributed by atoms with Crippen LogP contribution in [0, 0.1) is 0 Å². The second-order valence-corrected chi connectivity index (χ2v) is 3.99. The number of carbonyl (C=O) groups is 2. The summed E-state index contributed by atoms with van der Waals surface area (Å²) < 4.78 is 0. The van der Waals surface area contributed by atoms with Gasteiger partial charge in [-0.25, -0.2) is 0 Å². The Morgan fingerprint density at radius 3 is 2.56 bits per heavy atom. The molecule has 1 amide bonds. The van der Waals surface area contributed by atoms with Gasteiger partial charge in [0.15, 0.2) is 0 Å². The number of anilines is 1. The molecule has 0 aliphatic carbocycles. The number of rotatable bonds is 3. The zero-order valence-corrected chi connectivity index (χ0v) is 9.62. The summed E-state index contributed by atoms with van der Waals surface area (Å²) in [5, 5.41) is 0. The molecule has 0 saturated heterocycles. The van der Waals surface area contributed by atoms with Crippen molar-refractivity contribution in [1.29, 1.82) is 0 Å². The van der Waals surface area contributed by atoms with Crippen LogP contribution in [-0.4, -0.2) is 18.2 Å². The number of hydrogen-bond acceptors (Lipinski definition) is 2. The molecular formula is C13H15NO2. The highest BCUT2D eigenvalue weighted by Gasteiger charge is 2.34. The van der Waals surface area contributed by atoms with E-state index >= 15 is 0 Å². The number of hydrogen-bond donors (Lipinski definition) is 0. The van der Waals surface area contributed by atoms with E-state index in [-0.39, 0.29) is 11.7 Å². The first-order valence-electron chi connectivity index (χ1n) is 5.68. The van der Waals surface area contributed by atoms with E-state index in [0.717, 1.165) is 24.1 Å². The third-order valence-corrected chi connectivity index (χ3v) is 2.89. The summed E-state index contributed by atoms with van der Waals surface area (Å²) in [5.74, 6) is -0.746. The molecule has 0 unspecified atom stereocenters. The van der Waals surface area contributed by atoms with Crippen LogP contribution in [0.15, 0.2) is 18.2 Å². The largest absolute Gasteiger partial charge is 0.305 e. The average Bonchev–Trinajstić information content (AvgIpc) is 2.54. The number of fused-ring (bicyclic) bond motifs is 1. The monoisotopic (exact) mass is 217 g/mol. The van der Waals surface area contributed by atoms with Crippen LogP contribution in [-0.2, 0) is 11.2 Å². The number of nitrogens with zero attached hydrogens (tertiary/aromatic N) is 1. The molecule has 3 heteroatoms. The molecule has 0 aromatic heterocycles. The molecule has 1 aromatic rings. The maximum Gasteiger partial charge on any atom is 0.299 e. The minimum absolute atomic E-state index is 0.362. The molecule has 1 aliphatic heterocycles. The minimum Gasteiger partial charge on any atom is -0.305 e. The lowest BCUT2D eigenvalue weighted by molar-refractivity contribution is -0.114. The van der Waals surface area contributed by atoms with Crippen molar-refractivity contribution >= 4 is 17.4 Å². The maximum absolute atomic E-state index is 11.8. The van der Waals surface area contributed by atoms with Crippen LogP contribution in [0.25, 0.3) is 0 Å². The molecule has 84 valence electrons. The van der Waals surface area contributed by atoms with Gasteiger partial charge in [0.1, 0.15) is 0 Å². The summed E-state index contributed by atoms with van der Waals surface area (Å²) in [6.07, 6.45) is 1.73. The van der Waals surface area contributed by atoms with Gasteiger partial charge in [0.25, 0.3) is 11.7 Å². The lowest BCUT2D eigenvalue weighted by Gasteiger charge is -2.15. The summed E-state index contributed by atoms with van der Waals surface area (Å²) in [6, 6.07) is 5.70. The Bertz CT molecular complexity index is 451. The summed E-state index contributed by atoms with van der Waals surface area (Å²) in [6.45, 7) is 4.64. The second-order valence-electron chi connectivity index (χ2n) is 3.99. The SMILES string of the molecule is CCCN1C(=O)C(=O)c2cc(CC)ccc21. The first-order valence-corrected chi connectivity index (χ1v) is 5.68. The van der Waals surface area contributed by atoms with Gasteiger partial charge in [-0.05, 0) is 30.5 Å². The molecule has 1 aromatic carbocycles. The van der Waals surface area contributed by atoms with Gasteiger partial charge < -0.3 is 4.90 Å². The van der Waals surface area contributed by atoms with Crippen molar-refractivity contribution in [2.24, 2.45) is 0 Å². The number of aryl methyl sites for hydroxylation is 1. The van der Waals surface area contributed by atoms with Crippen LogP contribution in [0.5, 0.6) is 0 Å². The fourth-order valence-electron chi connectivity index (χ4n) is 2.01. The molecule has 0 fully saturated rings. The highest BCUT2D eigenvalue weighted by atomic mass is 16.2. The quantitative estimate of drug-likeness (QED) is 0.728. The van der Waals surface area contributed by atoms with E-state index in [4.69, 9.17) is 0 Å². The van der Waals surface area contributed by atoms with Crippen LogP contribution in [0.3, 0.4) is 0 Å². The fraction of sp³-hybridized carbons (Fsp3) is 0.385. The normalized spacial score (nSPS) is 14.5. The molecule has 0 radical (unpaired) electrons. The van der Waals surface area contributed by atoms with Crippen molar-refractivity contribution in [3.63, 3.8) is 0 Å². The van der Waals surface area contributed by atoms with Gasteiger partial charge in [0.2, 0.25) is 0 Å². The van der Waals surface area contributed by atoms with E-state index in [2.05, 4.69) is 0 Å². The van der Waals surface area contributed by atoms with Crippen LogP contribution in [0.1, 0.15) is 36.2 Å². The molecule has 0 spiro atoms. The van der Waals surface area contributed by atoms with Crippen molar-refractivity contribution in [3.05, 3.63) is 29.3 Å². The minimum atomic E-state index is -0.384. The zero-order valence-electron chi connectivity index (χ0n) is 9.62. The molecule has 16 heavy (non-hydrogen) atoms. The molecule has 1 heterocycles. The van der Waals surface area contributed by atoms with Crippen molar-refractivity contribution in [3.8, 4) is 0 Å². The number of Topliss-reactive ketones (excluding diaryl/α,β-unsaturated/α-hetero) is 1. The van der Waals surface area contributed by atoms with Gasteiger partial charge in [-0.3, -0.25) is 9.59 Å². The summed E-state index contributed by atoms with van der Waals surface area (Å²) in [7, 11) is 0. The summed E-state index contributed by atoms with van der Waals surface area (Å²) >= 11 is 0. The lowest BCUT2D eigenvalue weighted by atomic mass is 10.1. The van der Waals surface area contributed by atoms with E-state index in [1.54, 1.807) is 4.90 Å². The van der Waals surface area contributed by atoms with Crippen LogP contribution >= 0.6 is 0 Å². The third-order valence-electron chi connectivity index (χ3n) is 2.89. The third kappa shape index (κ3) is 1.52. The molecule has 3 nitrogen and oxygen atoms in total. The second kappa shape index (κ2) is 4.08. The predicted octanol–water partition coefficient (Wildman–Crippen LogP) is 2.19. The van der Waals surface area contributed by atoms with Crippen LogP contribution in [0.2, 0.25) is 0 Å². The van der Waals surface area contributed by atoms with Crippen molar-refractivity contribution in [2.45, 2.75) is 26.7 Å². The Morgan fingerprint density at radius 2 is 1.94 bits per heavy atom. The molecule has 1 aliphatic rings. The van der Waals surface area contributed by atoms with Crippen molar-refractivity contribution in [1.82, 2.24) is 0 Å². The van der Waals surface area contributed by atoms with E-state index in [1.165, 1.54) is 0 Å². The molecule has 0 atom stereocenters. The van der Waals surface area contributed by atoms with Crippen LogP contribution < -0.4 is 4.90 Å². The smallest absolute Gasteiger partial charge is 0.299 e. The van der Waals surface area contributed by atoms with Crippen molar-refractivity contribution in [2.75, 3.05) is 11.4 Å². The highest BCUT2D eigenvalue weighted by molar-refractivity contribution is 6.52. The average molecular weight is 217 g/mol. The number of benzene rings is 1. The van der Waals surface area contributed by atoms with Crippen molar-refractivity contribution < 1.29 is 9.59 Å². The first-order chi connectivity index (χ1) is 7.69. The predicted molar refractivity (Wildman–Crippen MR) is 62.8 cm³/mol. The summed E-state index contributed by atoms with van der Waals surface area (Å²) in [5.41, 5.74) is 2.44. The maximum atomic E-state index is 11.8. The van der Waals surface area contributed by atoms with Gasteiger partial charge in [-0.2, -0.15) is 0 Å². The van der Waals surface area contributed by atoms with E-state index in [0.29, 0.717) is 12.1 Å². The lowest BCUT2D eigenvalue weighted by Crippen LogP contribution is -2.30. The molecule has 0 N–H and O–H groups in total.